The molecule has 22 heavy (non-hydrogen) atoms. The number of carbonyl (C=O) groups is 1. The number of rotatable bonds is 1. The first kappa shape index (κ1) is 13.7. The Morgan fingerprint density at radius 1 is 1.32 bits per heavy atom. The summed E-state index contributed by atoms with van der Waals surface area (Å²) < 4.78 is 5.69. The molecule has 2 N–H and O–H groups in total. The zero-order valence-corrected chi connectivity index (χ0v) is 12.5. The maximum atomic E-state index is 12.7. The molecule has 1 aromatic rings. The van der Waals surface area contributed by atoms with Crippen molar-refractivity contribution in [3.8, 4) is 5.75 Å². The van der Waals surface area contributed by atoms with E-state index in [0.29, 0.717) is 24.3 Å². The van der Waals surface area contributed by atoms with Crippen molar-refractivity contribution in [2.45, 2.75) is 37.6 Å². The molecule has 1 saturated carbocycles. The summed E-state index contributed by atoms with van der Waals surface area (Å²) in [5.74, 6) is -2.02. The molecule has 4 rings (SSSR count). The van der Waals surface area contributed by atoms with Crippen LogP contribution in [0.5, 0.6) is 5.75 Å². The Labute approximate surface area is 127 Å². The minimum atomic E-state index is -2.10. The van der Waals surface area contributed by atoms with E-state index >= 15 is 0 Å². The van der Waals surface area contributed by atoms with Crippen LogP contribution in [0.2, 0.25) is 0 Å². The van der Waals surface area contributed by atoms with Crippen LogP contribution in [-0.2, 0) is 10.4 Å². The molecule has 0 radical (unpaired) electrons. The molecule has 2 aliphatic heterocycles. The van der Waals surface area contributed by atoms with E-state index in [2.05, 4.69) is 4.99 Å². The van der Waals surface area contributed by atoms with Gasteiger partial charge in [-0.1, -0.05) is 32.1 Å². The van der Waals surface area contributed by atoms with Crippen molar-refractivity contribution in [2.75, 3.05) is 6.54 Å². The lowest BCUT2D eigenvalue weighted by atomic mass is 9.87. The number of benzene rings is 1. The van der Waals surface area contributed by atoms with Gasteiger partial charge in [0.2, 0.25) is 11.4 Å². The van der Waals surface area contributed by atoms with Crippen molar-refractivity contribution >= 4 is 11.5 Å². The Hall–Kier alpha value is -1.98. The number of aliphatic imine (C=N–C) groups is 1. The number of Topliss-reactive ketones (excluding diaryl/α,β-unsaturated/α-hetero) is 1. The molecule has 114 valence electrons. The fourth-order valence-corrected chi connectivity index (χ4v) is 3.45. The first-order chi connectivity index (χ1) is 10.4. The third kappa shape index (κ3) is 1.36. The Balaban J connectivity index is 1.95. The zero-order chi connectivity index (χ0) is 15.7. The van der Waals surface area contributed by atoms with Gasteiger partial charge in [-0.25, -0.2) is 0 Å². The van der Waals surface area contributed by atoms with Gasteiger partial charge < -0.3 is 14.9 Å². The second kappa shape index (κ2) is 4.06. The fraction of sp³-hybridized carbons (Fsp3) is 0.412. The third-order valence-corrected chi connectivity index (χ3v) is 4.72. The minimum absolute atomic E-state index is 0.134. The number of ether oxygens (including phenoxy) is 1. The van der Waals surface area contributed by atoms with E-state index in [0.717, 1.165) is 5.56 Å². The van der Waals surface area contributed by atoms with Crippen LogP contribution in [0.15, 0.2) is 34.8 Å². The first-order valence-electron chi connectivity index (χ1n) is 7.48. The van der Waals surface area contributed by atoms with E-state index in [1.54, 1.807) is 18.2 Å². The number of fused-ring (bicyclic) bond motifs is 5. The van der Waals surface area contributed by atoms with E-state index in [9.17, 15) is 15.0 Å². The van der Waals surface area contributed by atoms with Crippen LogP contribution < -0.4 is 4.74 Å². The molecule has 1 aliphatic carbocycles. The lowest BCUT2D eigenvalue weighted by molar-refractivity contribution is -0.202. The standard InChI is InChI=1S/C17H17NO4/c1-9(2)10-5-6-11-13(8-10)22-17(21)12-4-3-7-18-14(12)15(19)16(11,17)20/h4-6,8-9,20-21H,3,7H2,1-2H3. The van der Waals surface area contributed by atoms with Gasteiger partial charge in [0.05, 0.1) is 5.57 Å². The SMILES string of the molecule is CC(C)c1ccc2c(c1)OC1(O)C3=CCCN=C3C(=O)C21O. The summed E-state index contributed by atoms with van der Waals surface area (Å²) in [6.45, 7) is 4.57. The second-order valence-electron chi connectivity index (χ2n) is 6.33. The minimum Gasteiger partial charge on any atom is -0.454 e. The van der Waals surface area contributed by atoms with E-state index in [1.807, 2.05) is 19.9 Å². The van der Waals surface area contributed by atoms with Gasteiger partial charge in [-0.05, 0) is 24.0 Å². The second-order valence-corrected chi connectivity index (χ2v) is 6.33. The molecule has 0 saturated heterocycles. The Bertz CT molecular complexity index is 764. The van der Waals surface area contributed by atoms with Crippen LogP contribution >= 0.6 is 0 Å². The predicted octanol–water partition coefficient (Wildman–Crippen LogP) is 1.43. The van der Waals surface area contributed by atoms with Crippen molar-refractivity contribution in [1.29, 1.82) is 0 Å². The number of hydrogen-bond acceptors (Lipinski definition) is 5. The first-order valence-corrected chi connectivity index (χ1v) is 7.48. The molecule has 2 atom stereocenters. The van der Waals surface area contributed by atoms with Gasteiger partial charge in [-0.3, -0.25) is 9.79 Å². The van der Waals surface area contributed by atoms with Crippen molar-refractivity contribution in [3.05, 3.63) is 41.0 Å². The molecule has 0 spiro atoms. The Kier molecular flexibility index (Phi) is 2.52. The maximum Gasteiger partial charge on any atom is 0.278 e. The van der Waals surface area contributed by atoms with Gasteiger partial charge in [0, 0.05) is 12.1 Å². The van der Waals surface area contributed by atoms with Crippen LogP contribution in [-0.4, -0.2) is 34.0 Å². The van der Waals surface area contributed by atoms with Crippen LogP contribution in [0.3, 0.4) is 0 Å². The highest BCUT2D eigenvalue weighted by molar-refractivity contribution is 6.52. The summed E-state index contributed by atoms with van der Waals surface area (Å²) >= 11 is 0. The van der Waals surface area contributed by atoms with Crippen LogP contribution in [0, 0.1) is 0 Å². The van der Waals surface area contributed by atoms with Gasteiger partial charge in [-0.15, -0.1) is 0 Å². The van der Waals surface area contributed by atoms with Crippen molar-refractivity contribution in [3.63, 3.8) is 0 Å². The average molecular weight is 299 g/mol. The molecule has 0 amide bonds. The van der Waals surface area contributed by atoms with E-state index in [1.165, 1.54) is 0 Å². The third-order valence-electron chi connectivity index (χ3n) is 4.72. The molecule has 2 unspecified atom stereocenters. The molecule has 5 nitrogen and oxygen atoms in total. The molecular formula is C17H17NO4. The number of carbonyl (C=O) groups excluding carboxylic acids is 1. The number of aliphatic hydroxyl groups is 2. The number of hydrogen-bond donors (Lipinski definition) is 2. The molecule has 0 bridgehead atoms. The van der Waals surface area contributed by atoms with Crippen molar-refractivity contribution < 1.29 is 19.7 Å². The van der Waals surface area contributed by atoms with E-state index < -0.39 is 17.2 Å². The monoisotopic (exact) mass is 299 g/mol. The summed E-state index contributed by atoms with van der Waals surface area (Å²) in [5, 5.41) is 22.0. The van der Waals surface area contributed by atoms with Crippen molar-refractivity contribution in [1.82, 2.24) is 0 Å². The number of ketones is 1. The molecule has 1 fully saturated rings. The molecule has 1 aromatic carbocycles. The van der Waals surface area contributed by atoms with Gasteiger partial charge in [0.15, 0.2) is 0 Å². The molecule has 2 heterocycles. The quantitative estimate of drug-likeness (QED) is 0.822. The number of nitrogens with zero attached hydrogens (tertiary/aromatic N) is 1. The van der Waals surface area contributed by atoms with Gasteiger partial charge in [0.1, 0.15) is 11.5 Å². The van der Waals surface area contributed by atoms with E-state index in [4.69, 9.17) is 4.74 Å². The van der Waals surface area contributed by atoms with Crippen LogP contribution in [0.25, 0.3) is 0 Å². The van der Waals surface area contributed by atoms with Crippen molar-refractivity contribution in [2.24, 2.45) is 4.99 Å². The lowest BCUT2D eigenvalue weighted by Gasteiger charge is -2.28. The van der Waals surface area contributed by atoms with Gasteiger partial charge in [-0.2, -0.15) is 0 Å². The normalized spacial score (nSPS) is 32.1. The predicted molar refractivity (Wildman–Crippen MR) is 80.0 cm³/mol. The average Bonchev–Trinajstić information content (AvgIpc) is 2.84. The van der Waals surface area contributed by atoms with Gasteiger partial charge >= 0.3 is 0 Å². The topological polar surface area (TPSA) is 79.1 Å². The molecular weight excluding hydrogens is 282 g/mol. The van der Waals surface area contributed by atoms with Crippen LogP contribution in [0.1, 0.15) is 37.3 Å². The maximum absolute atomic E-state index is 12.7. The Morgan fingerprint density at radius 3 is 2.82 bits per heavy atom. The Morgan fingerprint density at radius 2 is 2.09 bits per heavy atom. The number of dihydropyridines is 1. The van der Waals surface area contributed by atoms with Gasteiger partial charge in [0.25, 0.3) is 5.79 Å². The summed E-state index contributed by atoms with van der Waals surface area (Å²) in [7, 11) is 0. The molecule has 3 aliphatic rings. The highest BCUT2D eigenvalue weighted by atomic mass is 16.7. The largest absolute Gasteiger partial charge is 0.454 e. The lowest BCUT2D eigenvalue weighted by Crippen LogP contribution is -2.51. The summed E-state index contributed by atoms with van der Waals surface area (Å²) in [5.41, 5.74) is -0.358. The fourth-order valence-electron chi connectivity index (χ4n) is 3.45. The highest BCUT2D eigenvalue weighted by Crippen LogP contribution is 2.55. The van der Waals surface area contributed by atoms with Crippen LogP contribution in [0.4, 0.5) is 0 Å². The smallest absolute Gasteiger partial charge is 0.278 e. The summed E-state index contributed by atoms with van der Waals surface area (Å²) in [6, 6.07) is 5.29. The summed E-state index contributed by atoms with van der Waals surface area (Å²) in [6.07, 6.45) is 2.34. The van der Waals surface area contributed by atoms with E-state index in [-0.39, 0.29) is 17.2 Å². The summed E-state index contributed by atoms with van der Waals surface area (Å²) in [4.78, 5) is 16.8. The highest BCUT2D eigenvalue weighted by Gasteiger charge is 2.73. The molecule has 5 heteroatoms. The molecule has 0 aromatic heterocycles. The zero-order valence-electron chi connectivity index (χ0n) is 12.5.